The van der Waals surface area contributed by atoms with E-state index < -0.39 is 5.91 Å². The minimum atomic E-state index is -0.392. The first kappa shape index (κ1) is 22.7. The van der Waals surface area contributed by atoms with E-state index in [2.05, 4.69) is 20.5 Å². The molecule has 2 N–H and O–H groups in total. The second kappa shape index (κ2) is 8.29. The smallest absolute Gasteiger partial charge is 0.261 e. The molecule has 192 valence electrons. The van der Waals surface area contributed by atoms with Gasteiger partial charge in [-0.1, -0.05) is 11.3 Å². The van der Waals surface area contributed by atoms with E-state index in [1.165, 1.54) is 31.8 Å². The normalized spacial score (nSPS) is 27.0. The van der Waals surface area contributed by atoms with Gasteiger partial charge in [0.25, 0.3) is 11.8 Å². The van der Waals surface area contributed by atoms with Gasteiger partial charge in [0.05, 0.1) is 67.2 Å². The third-order valence-corrected chi connectivity index (χ3v) is 9.23. The highest BCUT2D eigenvalue weighted by Crippen LogP contribution is 2.57. The number of nitrogens with one attached hydrogen (secondary N) is 2. The van der Waals surface area contributed by atoms with E-state index in [9.17, 15) is 9.59 Å². The predicted molar refractivity (Wildman–Crippen MR) is 138 cm³/mol. The number of anilines is 2. The van der Waals surface area contributed by atoms with Crippen molar-refractivity contribution in [3.8, 4) is 11.6 Å². The van der Waals surface area contributed by atoms with Crippen LogP contribution in [0, 0.1) is 5.92 Å². The molecule has 2 unspecified atom stereocenters. The number of carbonyl (C=O) groups is 2. The van der Waals surface area contributed by atoms with Crippen LogP contribution in [-0.2, 0) is 4.74 Å². The van der Waals surface area contributed by atoms with Crippen molar-refractivity contribution in [2.24, 2.45) is 5.92 Å². The average Bonchev–Trinajstić information content (AvgIpc) is 3.28. The largest absolute Gasteiger partial charge is 0.496 e. The predicted octanol–water partition coefficient (Wildman–Crippen LogP) is 3.22. The fraction of sp³-hybridized carbons (Fsp3) is 0.462. The summed E-state index contributed by atoms with van der Waals surface area (Å²) in [5, 5.41) is 6.95. The maximum absolute atomic E-state index is 13.7. The number of ether oxygens (including phenoxy) is 3. The van der Waals surface area contributed by atoms with Gasteiger partial charge < -0.3 is 29.7 Å². The molecule has 1 aromatic carbocycles. The Balaban J connectivity index is 1.22. The number of fused-ring (bicyclic) bond motifs is 3. The van der Waals surface area contributed by atoms with Crippen LogP contribution in [0.25, 0.3) is 10.2 Å². The Morgan fingerprint density at radius 2 is 1.92 bits per heavy atom. The number of aromatic nitrogens is 2. The maximum Gasteiger partial charge on any atom is 0.261 e. The molecule has 4 bridgehead atoms. The number of nitrogens with zero attached hydrogens (tertiary/aromatic N) is 3. The zero-order valence-electron chi connectivity index (χ0n) is 20.6. The number of thiazole rings is 1. The number of morpholine rings is 1. The van der Waals surface area contributed by atoms with E-state index in [1.54, 1.807) is 12.1 Å². The molecule has 8 rings (SSSR count). The van der Waals surface area contributed by atoms with E-state index in [4.69, 9.17) is 19.2 Å². The molecule has 0 spiro atoms. The molecular weight excluding hydrogens is 494 g/mol. The van der Waals surface area contributed by atoms with Gasteiger partial charge in [-0.25, -0.2) is 9.97 Å². The maximum atomic E-state index is 13.7. The van der Waals surface area contributed by atoms with Crippen molar-refractivity contribution >= 4 is 44.2 Å². The van der Waals surface area contributed by atoms with Crippen molar-refractivity contribution in [2.75, 3.05) is 37.7 Å². The molecule has 3 saturated carbocycles. The van der Waals surface area contributed by atoms with Gasteiger partial charge in [-0.3, -0.25) is 9.59 Å². The standard InChI is InChI=1S/C26H27N5O5S/c1-34-19-4-3-17-22(37-25(29-17)31-14-5-15(31)12-36-11-14)21(19)24(33)28-18-10-27-20(35-2)6-16(18)23(32)30-26-7-13(8-26)9-26/h3-4,6,10,13-15H,5,7-9,11-12H2,1-2H3,(H,28,33)(H,30,32). The third kappa shape index (κ3) is 3.55. The Labute approximate surface area is 217 Å². The summed E-state index contributed by atoms with van der Waals surface area (Å²) in [6, 6.07) is 5.83. The fourth-order valence-electron chi connectivity index (χ4n) is 6.07. The second-order valence-electron chi connectivity index (χ2n) is 10.4. The highest BCUT2D eigenvalue weighted by atomic mass is 32.1. The molecule has 2 aliphatic heterocycles. The molecule has 4 heterocycles. The van der Waals surface area contributed by atoms with Crippen LogP contribution in [-0.4, -0.2) is 66.8 Å². The van der Waals surface area contributed by atoms with Gasteiger partial charge in [0.2, 0.25) is 5.88 Å². The lowest BCUT2D eigenvalue weighted by molar-refractivity contribution is -0.0438. The lowest BCUT2D eigenvalue weighted by Gasteiger charge is -2.61. The van der Waals surface area contributed by atoms with Crippen molar-refractivity contribution in [2.45, 2.75) is 43.3 Å². The zero-order chi connectivity index (χ0) is 25.3. The third-order valence-electron chi connectivity index (χ3n) is 8.13. The minimum absolute atomic E-state index is 0.104. The summed E-state index contributed by atoms with van der Waals surface area (Å²) in [4.78, 5) is 38.3. The molecule has 2 aromatic heterocycles. The average molecular weight is 522 g/mol. The number of carbonyl (C=O) groups excluding carboxylic acids is 2. The fourth-order valence-corrected chi connectivity index (χ4v) is 7.31. The molecule has 0 radical (unpaired) electrons. The van der Waals surface area contributed by atoms with Crippen molar-refractivity contribution in [3.63, 3.8) is 0 Å². The monoisotopic (exact) mass is 521 g/mol. The van der Waals surface area contributed by atoms with E-state index in [1.807, 2.05) is 6.07 Å². The minimum Gasteiger partial charge on any atom is -0.496 e. The van der Waals surface area contributed by atoms with Crippen LogP contribution in [0.3, 0.4) is 0 Å². The van der Waals surface area contributed by atoms with E-state index in [0.717, 1.165) is 46.9 Å². The van der Waals surface area contributed by atoms with Gasteiger partial charge >= 0.3 is 0 Å². The van der Waals surface area contributed by atoms with Gasteiger partial charge in [0.15, 0.2) is 5.13 Å². The van der Waals surface area contributed by atoms with Crippen LogP contribution < -0.4 is 25.0 Å². The van der Waals surface area contributed by atoms with Crippen LogP contribution >= 0.6 is 11.3 Å². The number of hydrogen-bond donors (Lipinski definition) is 2. The first-order chi connectivity index (χ1) is 18.0. The zero-order valence-corrected chi connectivity index (χ0v) is 21.4. The van der Waals surface area contributed by atoms with Gasteiger partial charge in [-0.2, -0.15) is 0 Å². The van der Waals surface area contributed by atoms with Gasteiger partial charge in [0.1, 0.15) is 11.3 Å². The van der Waals surface area contributed by atoms with Gasteiger partial charge in [-0.05, 0) is 43.7 Å². The molecule has 37 heavy (non-hydrogen) atoms. The van der Waals surface area contributed by atoms with Crippen molar-refractivity contribution in [1.29, 1.82) is 0 Å². The lowest BCUT2D eigenvalue weighted by Crippen LogP contribution is -2.68. The number of rotatable bonds is 7. The first-order valence-electron chi connectivity index (χ1n) is 12.5. The van der Waals surface area contributed by atoms with E-state index in [0.29, 0.717) is 53.7 Å². The molecule has 3 aliphatic carbocycles. The number of hydrogen-bond acceptors (Lipinski definition) is 9. The Hall–Kier alpha value is -3.44. The lowest BCUT2D eigenvalue weighted by atomic mass is 9.50. The Bertz CT molecular complexity index is 1410. The highest BCUT2D eigenvalue weighted by Gasteiger charge is 2.57. The Morgan fingerprint density at radius 3 is 2.57 bits per heavy atom. The van der Waals surface area contributed by atoms with Crippen molar-refractivity contribution in [1.82, 2.24) is 15.3 Å². The molecule has 2 amide bonds. The van der Waals surface area contributed by atoms with Crippen LogP contribution in [0.15, 0.2) is 24.4 Å². The van der Waals surface area contributed by atoms with Crippen LogP contribution in [0.1, 0.15) is 46.4 Å². The van der Waals surface area contributed by atoms with Gasteiger partial charge in [-0.15, -0.1) is 0 Å². The molecule has 11 heteroatoms. The molecular formula is C26H27N5O5S. The summed E-state index contributed by atoms with van der Waals surface area (Å²) in [5.41, 5.74) is 1.63. The molecule has 5 fully saturated rings. The number of benzene rings is 1. The second-order valence-corrected chi connectivity index (χ2v) is 11.4. The molecule has 2 atom stereocenters. The van der Waals surface area contributed by atoms with Crippen molar-refractivity contribution < 1.29 is 23.8 Å². The van der Waals surface area contributed by atoms with Crippen LogP contribution in [0.4, 0.5) is 10.8 Å². The summed E-state index contributed by atoms with van der Waals surface area (Å²) in [5.74, 6) is 0.833. The first-order valence-corrected chi connectivity index (χ1v) is 13.3. The van der Waals surface area contributed by atoms with Crippen LogP contribution in [0.5, 0.6) is 11.6 Å². The Kier molecular flexibility index (Phi) is 5.09. The molecule has 5 aliphatic rings. The summed E-state index contributed by atoms with van der Waals surface area (Å²) >= 11 is 1.48. The number of methoxy groups -OCH3 is 2. The number of amides is 2. The van der Waals surface area contributed by atoms with Crippen LogP contribution in [0.2, 0.25) is 0 Å². The topological polar surface area (TPSA) is 115 Å². The summed E-state index contributed by atoms with van der Waals surface area (Å²) in [6.45, 7) is 1.39. The quantitative estimate of drug-likeness (QED) is 0.487. The summed E-state index contributed by atoms with van der Waals surface area (Å²) < 4.78 is 17.2. The van der Waals surface area contributed by atoms with Gasteiger partial charge in [0, 0.05) is 11.6 Å². The molecule has 10 nitrogen and oxygen atoms in total. The highest BCUT2D eigenvalue weighted by molar-refractivity contribution is 7.22. The molecule has 3 aromatic rings. The summed E-state index contributed by atoms with van der Waals surface area (Å²) in [6.07, 6.45) is 5.60. The van der Waals surface area contributed by atoms with E-state index >= 15 is 0 Å². The SMILES string of the molecule is COc1cc(C(=O)NC23CC(C2)C3)c(NC(=O)c2c(OC)ccc3nc(N4C5COCC4C5)sc23)cn1. The molecule has 2 saturated heterocycles. The van der Waals surface area contributed by atoms with E-state index in [-0.39, 0.29) is 11.4 Å². The number of pyridine rings is 1. The summed E-state index contributed by atoms with van der Waals surface area (Å²) in [7, 11) is 3.03. The Morgan fingerprint density at radius 1 is 1.14 bits per heavy atom. The van der Waals surface area contributed by atoms with Crippen molar-refractivity contribution in [3.05, 3.63) is 35.5 Å².